The van der Waals surface area contributed by atoms with Crippen LogP contribution >= 0.6 is 0 Å². The number of halogens is 3. The minimum atomic E-state index is -4.45. The first kappa shape index (κ1) is 25.2. The number of amidine groups is 1. The molecule has 2 fully saturated rings. The molecule has 4 aliphatic rings. The van der Waals surface area contributed by atoms with Gasteiger partial charge in [-0.25, -0.2) is 18.4 Å². The van der Waals surface area contributed by atoms with E-state index in [4.69, 9.17) is 4.74 Å². The Morgan fingerprint density at radius 1 is 1.17 bits per heavy atom. The monoisotopic (exact) mass is 514 g/mol. The molecule has 4 rings (SSSR count). The van der Waals surface area contributed by atoms with Crippen LogP contribution in [0.1, 0.15) is 6.42 Å². The van der Waals surface area contributed by atoms with Gasteiger partial charge in [0.05, 0.1) is 29.8 Å². The zero-order valence-corrected chi connectivity index (χ0v) is 19.7. The molecule has 190 valence electrons. The van der Waals surface area contributed by atoms with Gasteiger partial charge in [0, 0.05) is 32.3 Å². The standard InChI is InChI=1S/C22H25F3N4O5S/c1-35(31,32)17-12-28(13-17)19-5-3-2-4-15(10-26-19)29-9-8-18(21(29)30)34-16-6-7-20(27-11-16)33-14-22(23,24)25/h2-7,10,16-18H,8-9,11-14H2,1H3/b3-2?,4-2+,5-3?,15-4?,15-10+,19-5?,26-10?,26-19?/t16?,18-/m1/s1. The average molecular weight is 515 g/mol. The fraction of sp³-hybridized carbons (Fsp3) is 0.500. The summed E-state index contributed by atoms with van der Waals surface area (Å²) in [4.78, 5) is 24.8. The number of hydrogen-bond acceptors (Lipinski definition) is 8. The number of allylic oxidation sites excluding steroid dienone is 3. The quantitative estimate of drug-likeness (QED) is 0.553. The molecule has 1 unspecified atom stereocenters. The van der Waals surface area contributed by atoms with Crippen LogP contribution in [-0.2, 0) is 24.1 Å². The van der Waals surface area contributed by atoms with Gasteiger partial charge in [-0.2, -0.15) is 13.2 Å². The largest absolute Gasteiger partial charge is 0.468 e. The summed E-state index contributed by atoms with van der Waals surface area (Å²) < 4.78 is 70.6. The van der Waals surface area contributed by atoms with Crippen molar-refractivity contribution in [2.75, 3.05) is 39.0 Å². The first-order valence-electron chi connectivity index (χ1n) is 11.0. The summed E-state index contributed by atoms with van der Waals surface area (Å²) >= 11 is 0. The first-order valence-corrected chi connectivity index (χ1v) is 12.9. The van der Waals surface area contributed by atoms with E-state index < -0.39 is 40.1 Å². The molecule has 0 saturated carbocycles. The van der Waals surface area contributed by atoms with Crippen LogP contribution in [0.25, 0.3) is 0 Å². The van der Waals surface area contributed by atoms with Crippen LogP contribution < -0.4 is 0 Å². The second-order valence-corrected chi connectivity index (χ2v) is 10.8. The van der Waals surface area contributed by atoms with Gasteiger partial charge in [0.2, 0.25) is 5.90 Å². The number of sulfone groups is 1. The number of alkyl halides is 3. The van der Waals surface area contributed by atoms with E-state index in [-0.39, 0.29) is 18.3 Å². The Morgan fingerprint density at radius 2 is 1.91 bits per heavy atom. The molecular weight excluding hydrogens is 489 g/mol. The highest BCUT2D eigenvalue weighted by Gasteiger charge is 2.37. The number of rotatable bonds is 5. The fourth-order valence-electron chi connectivity index (χ4n) is 3.83. The van der Waals surface area contributed by atoms with Gasteiger partial charge in [-0.1, -0.05) is 12.2 Å². The number of nitrogens with zero attached hydrogens (tertiary/aromatic N) is 4. The third-order valence-electron chi connectivity index (χ3n) is 5.80. The Labute approximate surface area is 200 Å². The maximum absolute atomic E-state index is 13.0. The van der Waals surface area contributed by atoms with Crippen LogP contribution in [0.2, 0.25) is 0 Å². The highest BCUT2D eigenvalue weighted by molar-refractivity contribution is 7.91. The van der Waals surface area contributed by atoms with Gasteiger partial charge in [0.1, 0.15) is 11.9 Å². The molecule has 13 heteroatoms. The van der Waals surface area contributed by atoms with Crippen molar-refractivity contribution in [1.29, 1.82) is 0 Å². The minimum Gasteiger partial charge on any atom is -0.468 e. The number of carbonyl (C=O) groups excluding carboxylic acids is 1. The molecular formula is C22H25F3N4O5S. The summed E-state index contributed by atoms with van der Waals surface area (Å²) in [6.45, 7) is -0.218. The molecule has 0 aromatic carbocycles. The summed E-state index contributed by atoms with van der Waals surface area (Å²) in [5.74, 6) is 0.234. The van der Waals surface area contributed by atoms with Crippen LogP contribution in [0.5, 0.6) is 0 Å². The molecule has 35 heavy (non-hydrogen) atoms. The van der Waals surface area contributed by atoms with Gasteiger partial charge in [0.25, 0.3) is 5.91 Å². The lowest BCUT2D eigenvalue weighted by Gasteiger charge is -2.39. The molecule has 0 N–H and O–H groups in total. The maximum Gasteiger partial charge on any atom is 0.422 e. The summed E-state index contributed by atoms with van der Waals surface area (Å²) in [7, 11) is -3.10. The van der Waals surface area contributed by atoms with Crippen LogP contribution in [-0.4, -0.2) is 98.5 Å². The van der Waals surface area contributed by atoms with Crippen LogP contribution in [0, 0.1) is 0 Å². The number of dihydropyridines is 1. The number of likely N-dealkylation sites (tertiary alicyclic amines) is 2. The number of ether oxygens (including phenoxy) is 2. The van der Waals surface area contributed by atoms with E-state index in [2.05, 4.69) is 14.7 Å². The maximum atomic E-state index is 13.0. The summed E-state index contributed by atoms with van der Waals surface area (Å²) in [5.41, 5.74) is 0.572. The predicted octanol–water partition coefficient (Wildman–Crippen LogP) is 1.61. The Morgan fingerprint density at radius 3 is 2.57 bits per heavy atom. The Bertz CT molecular complexity index is 1130. The second kappa shape index (κ2) is 9.97. The first-order chi connectivity index (χ1) is 16.5. The van der Waals surface area contributed by atoms with Gasteiger partial charge in [-0.15, -0.1) is 0 Å². The van der Waals surface area contributed by atoms with Crippen LogP contribution in [0.3, 0.4) is 0 Å². The third-order valence-corrected chi connectivity index (χ3v) is 7.31. The average Bonchev–Trinajstić information content (AvgIpc) is 3.07. The van der Waals surface area contributed by atoms with Crippen molar-refractivity contribution in [2.24, 2.45) is 9.98 Å². The SMILES string of the molecule is CS(=O)(=O)C1CN(C2=N/C=C(N3CC[C@@H](OC4C=CC(OCC(F)(F)F)=NC4)C3=O)\C=C\C=C2)C1. The highest BCUT2D eigenvalue weighted by atomic mass is 32.2. The molecule has 0 radical (unpaired) electrons. The third kappa shape index (κ3) is 6.40. The van der Waals surface area contributed by atoms with Crippen molar-refractivity contribution in [3.63, 3.8) is 0 Å². The van der Waals surface area contributed by atoms with Gasteiger partial charge in [-0.05, 0) is 24.3 Å². The van der Waals surface area contributed by atoms with E-state index in [1.54, 1.807) is 35.4 Å². The van der Waals surface area contributed by atoms with Crippen LogP contribution in [0.15, 0.2) is 58.3 Å². The summed E-state index contributed by atoms with van der Waals surface area (Å²) in [6, 6.07) is 0. The van der Waals surface area contributed by atoms with E-state index in [0.29, 0.717) is 37.6 Å². The molecule has 2 atom stereocenters. The minimum absolute atomic E-state index is 0.0544. The number of aliphatic imine (C=N–C) groups is 2. The lowest BCUT2D eigenvalue weighted by Crippen LogP contribution is -2.56. The summed E-state index contributed by atoms with van der Waals surface area (Å²) in [6.07, 6.45) is 7.43. The van der Waals surface area contributed by atoms with Gasteiger partial charge in [-0.3, -0.25) is 4.79 Å². The van der Waals surface area contributed by atoms with Crippen molar-refractivity contribution in [3.05, 3.63) is 48.4 Å². The number of hydrogen-bond donors (Lipinski definition) is 0. The molecule has 0 aromatic heterocycles. The molecule has 4 heterocycles. The molecule has 0 spiro atoms. The van der Waals surface area contributed by atoms with Gasteiger partial charge >= 0.3 is 6.18 Å². The number of amides is 1. The van der Waals surface area contributed by atoms with E-state index in [1.165, 1.54) is 18.4 Å². The second-order valence-electron chi connectivity index (χ2n) is 8.50. The van der Waals surface area contributed by atoms with Gasteiger partial charge in [0.15, 0.2) is 16.4 Å². The molecule has 0 bridgehead atoms. The molecule has 0 aromatic rings. The molecule has 9 nitrogen and oxygen atoms in total. The lowest BCUT2D eigenvalue weighted by molar-refractivity contribution is -0.156. The van der Waals surface area contributed by atoms with Crippen molar-refractivity contribution in [3.8, 4) is 0 Å². The van der Waals surface area contributed by atoms with Crippen molar-refractivity contribution >= 4 is 27.5 Å². The Balaban J connectivity index is 1.33. The van der Waals surface area contributed by atoms with Crippen molar-refractivity contribution in [1.82, 2.24) is 9.80 Å². The van der Waals surface area contributed by atoms with E-state index in [0.717, 1.165) is 0 Å². The molecule has 2 saturated heterocycles. The smallest absolute Gasteiger partial charge is 0.422 e. The fourth-order valence-corrected chi connectivity index (χ4v) is 4.73. The molecule has 1 amide bonds. The van der Waals surface area contributed by atoms with E-state index >= 15 is 0 Å². The Kier molecular flexibility index (Phi) is 7.17. The summed E-state index contributed by atoms with van der Waals surface area (Å²) in [5, 5.41) is -0.411. The van der Waals surface area contributed by atoms with E-state index in [1.807, 2.05) is 4.90 Å². The zero-order chi connectivity index (χ0) is 25.2. The highest BCUT2D eigenvalue weighted by Crippen LogP contribution is 2.24. The Hall–Kier alpha value is -2.93. The number of carbonyl (C=O) groups is 1. The molecule has 0 aliphatic carbocycles. The van der Waals surface area contributed by atoms with Crippen molar-refractivity contribution < 1.29 is 35.9 Å². The predicted molar refractivity (Wildman–Crippen MR) is 122 cm³/mol. The lowest BCUT2D eigenvalue weighted by atomic mass is 10.2. The molecule has 4 aliphatic heterocycles. The van der Waals surface area contributed by atoms with Crippen LogP contribution in [0.4, 0.5) is 13.2 Å². The zero-order valence-electron chi connectivity index (χ0n) is 18.9. The van der Waals surface area contributed by atoms with Crippen molar-refractivity contribution in [2.45, 2.75) is 30.1 Å². The normalized spacial score (nSPS) is 28.0. The van der Waals surface area contributed by atoms with Gasteiger partial charge < -0.3 is 19.3 Å². The van der Waals surface area contributed by atoms with E-state index in [9.17, 15) is 26.4 Å². The topological polar surface area (TPSA) is 101 Å².